The van der Waals surface area contributed by atoms with Crippen LogP contribution in [0.3, 0.4) is 0 Å². The lowest BCUT2D eigenvalue weighted by atomic mass is 10.1. The summed E-state index contributed by atoms with van der Waals surface area (Å²) in [5, 5.41) is 5.67. The van der Waals surface area contributed by atoms with Gasteiger partial charge in [0.2, 0.25) is 0 Å². The number of hydrogen-bond acceptors (Lipinski definition) is 2. The summed E-state index contributed by atoms with van der Waals surface area (Å²) < 4.78 is 5.36. The molecule has 4 nitrogen and oxygen atoms in total. The number of ether oxygens (including phenoxy) is 1. The number of carbonyl (C=O) groups excluding carboxylic acids is 1. The number of amides is 2. The van der Waals surface area contributed by atoms with Crippen molar-refractivity contribution in [3.05, 3.63) is 54.1 Å². The van der Waals surface area contributed by atoms with Gasteiger partial charge in [-0.1, -0.05) is 25.1 Å². The number of aryl methyl sites for hydroxylation is 1. The lowest BCUT2D eigenvalue weighted by molar-refractivity contribution is 0.262. The van der Waals surface area contributed by atoms with Crippen LogP contribution < -0.4 is 15.4 Å². The summed E-state index contributed by atoms with van der Waals surface area (Å²) in [6.07, 6.45) is 0.875. The van der Waals surface area contributed by atoms with Gasteiger partial charge >= 0.3 is 6.03 Å². The first kappa shape index (κ1) is 14.9. The number of carbonyl (C=O) groups is 1. The highest BCUT2D eigenvalue weighted by Crippen LogP contribution is 2.18. The van der Waals surface area contributed by atoms with Crippen molar-refractivity contribution in [3.63, 3.8) is 0 Å². The second kappa shape index (κ2) is 7.33. The highest BCUT2D eigenvalue weighted by Gasteiger charge is 2.05. The molecule has 0 spiro atoms. The van der Waals surface area contributed by atoms with Crippen LogP contribution in [0.2, 0.25) is 0 Å². The third-order valence-electron chi connectivity index (χ3n) is 3.07. The van der Waals surface area contributed by atoms with E-state index in [0.717, 1.165) is 29.1 Å². The van der Waals surface area contributed by atoms with E-state index in [1.807, 2.05) is 55.5 Å². The van der Waals surface area contributed by atoms with Gasteiger partial charge in [0.15, 0.2) is 0 Å². The highest BCUT2D eigenvalue weighted by molar-refractivity contribution is 6.00. The number of benzene rings is 2. The smallest absolute Gasteiger partial charge is 0.323 e. The van der Waals surface area contributed by atoms with Crippen molar-refractivity contribution < 1.29 is 9.53 Å². The Labute approximate surface area is 125 Å². The summed E-state index contributed by atoms with van der Waals surface area (Å²) in [4.78, 5) is 12.0. The van der Waals surface area contributed by atoms with E-state index < -0.39 is 0 Å². The van der Waals surface area contributed by atoms with Gasteiger partial charge in [0.05, 0.1) is 6.61 Å². The minimum absolute atomic E-state index is 0.250. The van der Waals surface area contributed by atoms with E-state index in [0.29, 0.717) is 6.61 Å². The molecule has 0 bridgehead atoms. The molecular formula is C17H20N2O2. The molecule has 21 heavy (non-hydrogen) atoms. The molecule has 0 fully saturated rings. The Balaban J connectivity index is 1.98. The number of hydrogen-bond donors (Lipinski definition) is 2. The van der Waals surface area contributed by atoms with Crippen LogP contribution >= 0.6 is 0 Å². The molecule has 0 radical (unpaired) electrons. The summed E-state index contributed by atoms with van der Waals surface area (Å²) in [5.74, 6) is 0.791. The monoisotopic (exact) mass is 284 g/mol. The molecule has 2 rings (SSSR count). The molecule has 0 aliphatic heterocycles. The number of rotatable bonds is 5. The van der Waals surface area contributed by atoms with E-state index in [9.17, 15) is 4.79 Å². The molecule has 110 valence electrons. The fourth-order valence-corrected chi connectivity index (χ4v) is 2.04. The van der Waals surface area contributed by atoms with E-state index >= 15 is 0 Å². The summed E-state index contributed by atoms with van der Waals surface area (Å²) in [7, 11) is 0. The van der Waals surface area contributed by atoms with Gasteiger partial charge in [-0.25, -0.2) is 4.79 Å². The van der Waals surface area contributed by atoms with E-state index in [4.69, 9.17) is 4.74 Å². The van der Waals surface area contributed by atoms with E-state index in [2.05, 4.69) is 17.6 Å². The molecule has 0 aliphatic rings. The van der Waals surface area contributed by atoms with Crippen LogP contribution in [0.1, 0.15) is 19.4 Å². The summed E-state index contributed by atoms with van der Waals surface area (Å²) in [5.41, 5.74) is 2.67. The Bertz CT molecular complexity index is 594. The predicted octanol–water partition coefficient (Wildman–Crippen LogP) is 4.29. The number of nitrogens with one attached hydrogen (secondary N) is 2. The van der Waals surface area contributed by atoms with Gasteiger partial charge in [0, 0.05) is 11.4 Å². The van der Waals surface area contributed by atoms with Crippen molar-refractivity contribution in [2.45, 2.75) is 20.3 Å². The molecule has 0 saturated carbocycles. The molecule has 0 aromatic heterocycles. The second-order valence-corrected chi connectivity index (χ2v) is 4.55. The lowest BCUT2D eigenvalue weighted by Gasteiger charge is -2.11. The molecule has 0 aliphatic carbocycles. The number of anilines is 2. The standard InChI is InChI=1S/C17H20N2O2/c1-3-13-7-5-6-8-16(13)19-17(20)18-14-9-11-15(12-10-14)21-4-2/h5-12H,3-4H2,1-2H3,(H2,18,19,20). The minimum Gasteiger partial charge on any atom is -0.494 e. The zero-order valence-corrected chi connectivity index (χ0v) is 12.3. The first-order chi connectivity index (χ1) is 10.2. The van der Waals surface area contributed by atoms with Crippen molar-refractivity contribution in [3.8, 4) is 5.75 Å². The Morgan fingerprint density at radius 3 is 2.38 bits per heavy atom. The second-order valence-electron chi connectivity index (χ2n) is 4.55. The van der Waals surface area contributed by atoms with Gasteiger partial charge in [-0.05, 0) is 49.2 Å². The predicted molar refractivity (Wildman–Crippen MR) is 86.1 cm³/mol. The van der Waals surface area contributed by atoms with Gasteiger partial charge in [-0.3, -0.25) is 0 Å². The molecule has 4 heteroatoms. The number of para-hydroxylation sites is 1. The molecule has 2 amide bonds. The van der Waals surface area contributed by atoms with Gasteiger partial charge in [0.25, 0.3) is 0 Å². The van der Waals surface area contributed by atoms with Crippen LogP contribution in [-0.2, 0) is 6.42 Å². The van der Waals surface area contributed by atoms with Gasteiger partial charge in [0.1, 0.15) is 5.75 Å². The Morgan fingerprint density at radius 1 is 1.00 bits per heavy atom. The van der Waals surface area contributed by atoms with Crippen molar-refractivity contribution in [1.82, 2.24) is 0 Å². The molecule has 0 saturated heterocycles. The van der Waals surface area contributed by atoms with Crippen LogP contribution in [0.15, 0.2) is 48.5 Å². The zero-order chi connectivity index (χ0) is 15.1. The van der Waals surface area contributed by atoms with Crippen LogP contribution in [0.5, 0.6) is 5.75 Å². The molecule has 0 atom stereocenters. The highest BCUT2D eigenvalue weighted by atomic mass is 16.5. The topological polar surface area (TPSA) is 50.4 Å². The van der Waals surface area contributed by atoms with Crippen molar-refractivity contribution >= 4 is 17.4 Å². The van der Waals surface area contributed by atoms with Crippen LogP contribution in [0, 0.1) is 0 Å². The Morgan fingerprint density at radius 2 is 1.71 bits per heavy atom. The lowest BCUT2D eigenvalue weighted by Crippen LogP contribution is -2.20. The third-order valence-corrected chi connectivity index (χ3v) is 3.07. The Hall–Kier alpha value is -2.49. The summed E-state index contributed by atoms with van der Waals surface area (Å²) >= 11 is 0. The normalized spacial score (nSPS) is 10.0. The molecular weight excluding hydrogens is 264 g/mol. The maximum absolute atomic E-state index is 12.0. The van der Waals surface area contributed by atoms with E-state index in [1.54, 1.807) is 0 Å². The van der Waals surface area contributed by atoms with E-state index in [1.165, 1.54) is 0 Å². The fourth-order valence-electron chi connectivity index (χ4n) is 2.04. The first-order valence-corrected chi connectivity index (χ1v) is 7.11. The SMILES string of the molecule is CCOc1ccc(NC(=O)Nc2ccccc2CC)cc1. The largest absolute Gasteiger partial charge is 0.494 e. The van der Waals surface area contributed by atoms with Gasteiger partial charge in [-0.2, -0.15) is 0 Å². The molecule has 0 heterocycles. The molecule has 2 aromatic carbocycles. The van der Waals surface area contributed by atoms with Crippen molar-refractivity contribution in [1.29, 1.82) is 0 Å². The van der Waals surface area contributed by atoms with Crippen molar-refractivity contribution in [2.24, 2.45) is 0 Å². The van der Waals surface area contributed by atoms with Crippen LogP contribution in [0.4, 0.5) is 16.2 Å². The Kier molecular flexibility index (Phi) is 5.21. The first-order valence-electron chi connectivity index (χ1n) is 7.11. The van der Waals surface area contributed by atoms with E-state index in [-0.39, 0.29) is 6.03 Å². The van der Waals surface area contributed by atoms with Gasteiger partial charge < -0.3 is 15.4 Å². The summed E-state index contributed by atoms with van der Waals surface area (Å²) in [6.45, 7) is 4.62. The minimum atomic E-state index is -0.250. The fraction of sp³-hybridized carbons (Fsp3) is 0.235. The quantitative estimate of drug-likeness (QED) is 0.860. The maximum atomic E-state index is 12.0. The molecule has 2 N–H and O–H groups in total. The number of urea groups is 1. The van der Waals surface area contributed by atoms with Gasteiger partial charge in [-0.15, -0.1) is 0 Å². The third kappa shape index (κ3) is 4.24. The average molecular weight is 284 g/mol. The summed E-state index contributed by atoms with van der Waals surface area (Å²) in [6, 6.07) is 14.8. The maximum Gasteiger partial charge on any atom is 0.323 e. The van der Waals surface area contributed by atoms with Crippen LogP contribution in [-0.4, -0.2) is 12.6 Å². The van der Waals surface area contributed by atoms with Crippen LogP contribution in [0.25, 0.3) is 0 Å². The molecule has 2 aromatic rings. The molecule has 0 unspecified atom stereocenters. The average Bonchev–Trinajstić information content (AvgIpc) is 2.50. The van der Waals surface area contributed by atoms with Crippen molar-refractivity contribution in [2.75, 3.05) is 17.2 Å². The zero-order valence-electron chi connectivity index (χ0n) is 12.3.